The Hall–Kier alpha value is -1.77. The highest BCUT2D eigenvalue weighted by Crippen LogP contribution is 2.32. The molecule has 0 radical (unpaired) electrons. The van der Waals surface area contributed by atoms with E-state index < -0.39 is 0 Å². The third-order valence-electron chi connectivity index (χ3n) is 2.88. The van der Waals surface area contributed by atoms with Crippen molar-refractivity contribution in [2.75, 3.05) is 5.73 Å². The fourth-order valence-corrected chi connectivity index (χ4v) is 2.03. The lowest BCUT2D eigenvalue weighted by Crippen LogP contribution is -1.93. The van der Waals surface area contributed by atoms with E-state index in [1.807, 2.05) is 6.07 Å². The molecule has 0 saturated carbocycles. The maximum absolute atomic E-state index is 5.78. The minimum absolute atomic E-state index is 0.500. The number of nitrogen functional groups attached to an aromatic ring is 1. The molecule has 1 aromatic carbocycles. The maximum Gasteiger partial charge on any atom is 0.172 e. The summed E-state index contributed by atoms with van der Waals surface area (Å²) < 4.78 is 5.36. The van der Waals surface area contributed by atoms with Gasteiger partial charge in [0.1, 0.15) is 0 Å². The van der Waals surface area contributed by atoms with Crippen molar-refractivity contribution in [2.45, 2.75) is 27.2 Å². The lowest BCUT2D eigenvalue weighted by atomic mass is 9.97. The molecule has 3 heteroatoms. The van der Waals surface area contributed by atoms with Gasteiger partial charge >= 0.3 is 0 Å². The molecule has 1 heterocycles. The zero-order chi connectivity index (χ0) is 11.7. The molecular formula is C13H16N2O. The van der Waals surface area contributed by atoms with Crippen LogP contribution in [0.5, 0.6) is 0 Å². The van der Waals surface area contributed by atoms with Gasteiger partial charge in [-0.1, -0.05) is 30.3 Å². The average molecular weight is 216 g/mol. The van der Waals surface area contributed by atoms with Crippen LogP contribution in [0.4, 0.5) is 5.82 Å². The van der Waals surface area contributed by atoms with Crippen LogP contribution in [-0.2, 0) is 6.42 Å². The third kappa shape index (κ3) is 1.58. The van der Waals surface area contributed by atoms with Crippen LogP contribution in [0.25, 0.3) is 11.3 Å². The van der Waals surface area contributed by atoms with Crippen molar-refractivity contribution in [2.24, 2.45) is 0 Å². The first-order valence-electron chi connectivity index (χ1n) is 5.45. The van der Waals surface area contributed by atoms with Crippen molar-refractivity contribution in [3.05, 3.63) is 34.9 Å². The first-order chi connectivity index (χ1) is 7.65. The Morgan fingerprint density at radius 3 is 2.44 bits per heavy atom. The topological polar surface area (TPSA) is 52.0 Å². The second-order valence-electron chi connectivity index (χ2n) is 4.00. The summed E-state index contributed by atoms with van der Waals surface area (Å²) in [5.74, 6) is 1.32. The number of hydrogen-bond acceptors (Lipinski definition) is 3. The van der Waals surface area contributed by atoms with Crippen LogP contribution in [-0.4, -0.2) is 5.16 Å². The Labute approximate surface area is 95.3 Å². The fraction of sp³-hybridized carbons (Fsp3) is 0.308. The van der Waals surface area contributed by atoms with E-state index in [9.17, 15) is 0 Å². The summed E-state index contributed by atoms with van der Waals surface area (Å²) in [5, 5.41) is 3.85. The van der Waals surface area contributed by atoms with Crippen LogP contribution in [0.15, 0.2) is 22.7 Å². The molecule has 0 atom stereocenters. The van der Waals surface area contributed by atoms with Gasteiger partial charge in [0.2, 0.25) is 0 Å². The summed E-state index contributed by atoms with van der Waals surface area (Å²) in [4.78, 5) is 0. The summed E-state index contributed by atoms with van der Waals surface area (Å²) in [5.41, 5.74) is 10.3. The van der Waals surface area contributed by atoms with Gasteiger partial charge in [0.15, 0.2) is 11.6 Å². The minimum Gasteiger partial charge on any atom is -0.381 e. The van der Waals surface area contributed by atoms with Crippen LogP contribution in [0.2, 0.25) is 0 Å². The molecule has 3 nitrogen and oxygen atoms in total. The van der Waals surface area contributed by atoms with Gasteiger partial charge in [-0.2, -0.15) is 0 Å². The van der Waals surface area contributed by atoms with E-state index in [0.29, 0.717) is 5.82 Å². The van der Waals surface area contributed by atoms with E-state index in [2.05, 4.69) is 38.1 Å². The highest BCUT2D eigenvalue weighted by atomic mass is 16.5. The Morgan fingerprint density at radius 2 is 1.88 bits per heavy atom. The number of benzene rings is 1. The maximum atomic E-state index is 5.78. The molecule has 0 unspecified atom stereocenters. The standard InChI is InChI=1S/C13H16N2O/c1-4-10-12(16-15-13(10)14)11-8(2)6-5-7-9(11)3/h5-7H,4H2,1-3H3,(H2,14,15). The number of aromatic nitrogens is 1. The molecule has 2 rings (SSSR count). The predicted molar refractivity (Wildman–Crippen MR) is 65.2 cm³/mol. The first kappa shape index (κ1) is 10.7. The minimum atomic E-state index is 0.500. The molecule has 1 aromatic heterocycles. The van der Waals surface area contributed by atoms with Crippen molar-refractivity contribution >= 4 is 5.82 Å². The van der Waals surface area contributed by atoms with E-state index in [0.717, 1.165) is 23.3 Å². The van der Waals surface area contributed by atoms with Gasteiger partial charge in [-0.05, 0) is 31.4 Å². The number of hydrogen-bond donors (Lipinski definition) is 1. The first-order valence-corrected chi connectivity index (χ1v) is 5.45. The van der Waals surface area contributed by atoms with Crippen molar-refractivity contribution in [1.82, 2.24) is 5.16 Å². The lowest BCUT2D eigenvalue weighted by molar-refractivity contribution is 0.434. The molecule has 84 valence electrons. The fourth-order valence-electron chi connectivity index (χ4n) is 2.03. The molecule has 0 fully saturated rings. The van der Waals surface area contributed by atoms with Crippen molar-refractivity contribution in [1.29, 1.82) is 0 Å². The molecule has 0 saturated heterocycles. The second kappa shape index (κ2) is 4.00. The molecule has 0 aliphatic heterocycles. The molecule has 0 aliphatic carbocycles. The van der Waals surface area contributed by atoms with E-state index >= 15 is 0 Å². The Kier molecular flexibility index (Phi) is 2.69. The summed E-state index contributed by atoms with van der Waals surface area (Å²) in [6.45, 7) is 6.20. The van der Waals surface area contributed by atoms with Gasteiger partial charge in [-0.15, -0.1) is 0 Å². The average Bonchev–Trinajstić information content (AvgIpc) is 2.59. The predicted octanol–water partition coefficient (Wildman–Crippen LogP) is 3.10. The largest absolute Gasteiger partial charge is 0.381 e. The Bertz CT molecular complexity index is 494. The number of anilines is 1. The number of nitrogens with two attached hydrogens (primary N) is 1. The van der Waals surface area contributed by atoms with Crippen LogP contribution in [0.1, 0.15) is 23.6 Å². The van der Waals surface area contributed by atoms with E-state index in [4.69, 9.17) is 10.3 Å². The van der Waals surface area contributed by atoms with Gasteiger partial charge < -0.3 is 10.3 Å². The van der Waals surface area contributed by atoms with Gasteiger partial charge in [0.05, 0.1) is 0 Å². The number of rotatable bonds is 2. The normalized spacial score (nSPS) is 10.7. The van der Waals surface area contributed by atoms with Crippen molar-refractivity contribution in [3.63, 3.8) is 0 Å². The highest BCUT2D eigenvalue weighted by molar-refractivity contribution is 5.71. The summed E-state index contributed by atoms with van der Waals surface area (Å²) in [7, 11) is 0. The van der Waals surface area contributed by atoms with Crippen molar-refractivity contribution in [3.8, 4) is 11.3 Å². The van der Waals surface area contributed by atoms with Crippen molar-refractivity contribution < 1.29 is 4.52 Å². The molecule has 2 aromatic rings. The van der Waals surface area contributed by atoms with Gasteiger partial charge in [-0.25, -0.2) is 0 Å². The molecular weight excluding hydrogens is 200 g/mol. The van der Waals surface area contributed by atoms with Gasteiger partial charge in [-0.3, -0.25) is 0 Å². The summed E-state index contributed by atoms with van der Waals surface area (Å²) >= 11 is 0. The molecule has 0 aliphatic rings. The van der Waals surface area contributed by atoms with Gasteiger partial charge in [0, 0.05) is 11.1 Å². The van der Waals surface area contributed by atoms with Crippen LogP contribution >= 0.6 is 0 Å². The Morgan fingerprint density at radius 1 is 1.25 bits per heavy atom. The Balaban J connectivity index is 2.67. The number of aryl methyl sites for hydroxylation is 2. The van der Waals surface area contributed by atoms with E-state index in [1.165, 1.54) is 11.1 Å². The van der Waals surface area contributed by atoms with Crippen LogP contribution in [0, 0.1) is 13.8 Å². The van der Waals surface area contributed by atoms with E-state index in [-0.39, 0.29) is 0 Å². The SMILES string of the molecule is CCc1c(N)noc1-c1c(C)cccc1C. The lowest BCUT2D eigenvalue weighted by Gasteiger charge is -2.07. The third-order valence-corrected chi connectivity index (χ3v) is 2.88. The quantitative estimate of drug-likeness (QED) is 0.839. The monoisotopic (exact) mass is 216 g/mol. The van der Waals surface area contributed by atoms with Crippen LogP contribution in [0.3, 0.4) is 0 Å². The molecule has 0 amide bonds. The second-order valence-corrected chi connectivity index (χ2v) is 4.00. The smallest absolute Gasteiger partial charge is 0.172 e. The zero-order valence-electron chi connectivity index (χ0n) is 9.87. The molecule has 2 N–H and O–H groups in total. The molecule has 0 bridgehead atoms. The summed E-state index contributed by atoms with van der Waals surface area (Å²) in [6.07, 6.45) is 0.832. The van der Waals surface area contributed by atoms with E-state index in [1.54, 1.807) is 0 Å². The van der Waals surface area contributed by atoms with Crippen LogP contribution < -0.4 is 5.73 Å². The highest BCUT2D eigenvalue weighted by Gasteiger charge is 2.17. The molecule has 16 heavy (non-hydrogen) atoms. The summed E-state index contributed by atoms with van der Waals surface area (Å²) in [6, 6.07) is 6.18. The van der Waals surface area contributed by atoms with Gasteiger partial charge in [0.25, 0.3) is 0 Å². The number of nitrogens with zero attached hydrogens (tertiary/aromatic N) is 1. The molecule has 0 spiro atoms. The zero-order valence-corrected chi connectivity index (χ0v) is 9.87.